The normalized spacial score (nSPS) is 21.5. The first-order chi connectivity index (χ1) is 12.1. The average Bonchev–Trinajstić information content (AvgIpc) is 2.64. The highest BCUT2D eigenvalue weighted by molar-refractivity contribution is 7.91. The molecule has 140 valence electrons. The van der Waals surface area contributed by atoms with E-state index in [1.807, 2.05) is 24.3 Å². The lowest BCUT2D eigenvalue weighted by Crippen LogP contribution is -2.37. The van der Waals surface area contributed by atoms with Crippen molar-refractivity contribution in [3.63, 3.8) is 0 Å². The highest BCUT2D eigenvalue weighted by Crippen LogP contribution is 2.33. The van der Waals surface area contributed by atoms with Crippen LogP contribution in [0.5, 0.6) is 0 Å². The van der Waals surface area contributed by atoms with Crippen molar-refractivity contribution >= 4 is 9.84 Å². The minimum atomic E-state index is -3.24. The van der Waals surface area contributed by atoms with Gasteiger partial charge in [0.05, 0.1) is 4.90 Å². The maximum absolute atomic E-state index is 12.7. The first-order valence-electron chi connectivity index (χ1n) is 9.83. The van der Waals surface area contributed by atoms with Crippen molar-refractivity contribution in [2.45, 2.75) is 62.2 Å². The SMILES string of the molecule is NCCC1CCN(CS(=O)(=O)c2ccc(C3CCCCC3)cc2)CC1. The Morgan fingerprint density at radius 1 is 0.960 bits per heavy atom. The standard InChI is InChI=1S/C20H32N2O2S/c21-13-10-17-11-14-22(15-12-17)16-25(23,24)20-8-6-19(7-9-20)18-4-2-1-3-5-18/h6-9,17-18H,1-5,10-16,21H2. The number of rotatable bonds is 6. The summed E-state index contributed by atoms with van der Waals surface area (Å²) < 4.78 is 25.5. The Morgan fingerprint density at radius 3 is 2.20 bits per heavy atom. The lowest BCUT2D eigenvalue weighted by molar-refractivity contribution is 0.203. The molecule has 1 aromatic carbocycles. The lowest BCUT2D eigenvalue weighted by atomic mass is 9.84. The van der Waals surface area contributed by atoms with Crippen LogP contribution in [0.15, 0.2) is 29.2 Å². The van der Waals surface area contributed by atoms with Crippen LogP contribution in [0.1, 0.15) is 62.8 Å². The molecule has 2 aliphatic rings. The molecule has 0 spiro atoms. The van der Waals surface area contributed by atoms with E-state index in [9.17, 15) is 8.42 Å². The van der Waals surface area contributed by atoms with Crippen LogP contribution in [0.3, 0.4) is 0 Å². The minimum absolute atomic E-state index is 0.144. The summed E-state index contributed by atoms with van der Waals surface area (Å²) in [5.74, 6) is 1.43. The number of likely N-dealkylation sites (tertiary alicyclic amines) is 1. The third kappa shape index (κ3) is 5.05. The molecule has 3 rings (SSSR count). The minimum Gasteiger partial charge on any atom is -0.330 e. The van der Waals surface area contributed by atoms with E-state index in [0.29, 0.717) is 16.7 Å². The van der Waals surface area contributed by atoms with Crippen molar-refractivity contribution in [3.05, 3.63) is 29.8 Å². The number of benzene rings is 1. The molecule has 1 aliphatic heterocycles. The van der Waals surface area contributed by atoms with Gasteiger partial charge < -0.3 is 5.73 Å². The Morgan fingerprint density at radius 2 is 1.60 bits per heavy atom. The fourth-order valence-electron chi connectivity index (χ4n) is 4.34. The van der Waals surface area contributed by atoms with Gasteiger partial charge in [0.25, 0.3) is 0 Å². The molecule has 0 bridgehead atoms. The number of hydrogen-bond acceptors (Lipinski definition) is 4. The van der Waals surface area contributed by atoms with Gasteiger partial charge in [-0.05, 0) is 81.3 Å². The second kappa shape index (κ2) is 8.65. The molecular weight excluding hydrogens is 332 g/mol. The molecule has 25 heavy (non-hydrogen) atoms. The molecule has 0 radical (unpaired) electrons. The summed E-state index contributed by atoms with van der Waals surface area (Å²) in [5, 5.41) is 0. The van der Waals surface area contributed by atoms with Crippen LogP contribution in [0.2, 0.25) is 0 Å². The molecule has 5 heteroatoms. The predicted octanol–water partition coefficient (Wildman–Crippen LogP) is 3.53. The van der Waals surface area contributed by atoms with E-state index in [-0.39, 0.29) is 5.88 Å². The van der Waals surface area contributed by atoms with Gasteiger partial charge in [0, 0.05) is 0 Å². The fourth-order valence-corrected chi connectivity index (χ4v) is 5.78. The van der Waals surface area contributed by atoms with Gasteiger partial charge in [0.15, 0.2) is 9.84 Å². The molecule has 1 aliphatic carbocycles. The molecule has 0 unspecified atom stereocenters. The number of hydrogen-bond donors (Lipinski definition) is 1. The molecule has 1 saturated carbocycles. The summed E-state index contributed by atoms with van der Waals surface area (Å²) in [4.78, 5) is 2.55. The van der Waals surface area contributed by atoms with Crippen molar-refractivity contribution in [3.8, 4) is 0 Å². The van der Waals surface area contributed by atoms with E-state index in [1.165, 1.54) is 37.7 Å². The monoisotopic (exact) mass is 364 g/mol. The average molecular weight is 365 g/mol. The Bertz CT molecular complexity index is 628. The first kappa shape index (κ1) is 18.9. The number of nitrogens with zero attached hydrogens (tertiary/aromatic N) is 1. The highest BCUT2D eigenvalue weighted by Gasteiger charge is 2.24. The van der Waals surface area contributed by atoms with Gasteiger partial charge in [-0.3, -0.25) is 4.90 Å². The lowest BCUT2D eigenvalue weighted by Gasteiger charge is -2.31. The molecule has 0 amide bonds. The van der Waals surface area contributed by atoms with Crippen molar-refractivity contribution in [2.75, 3.05) is 25.5 Å². The third-order valence-electron chi connectivity index (χ3n) is 5.95. The maximum atomic E-state index is 12.7. The highest BCUT2D eigenvalue weighted by atomic mass is 32.2. The van der Waals surface area contributed by atoms with Crippen LogP contribution in [0.25, 0.3) is 0 Å². The van der Waals surface area contributed by atoms with Gasteiger partial charge in [0.2, 0.25) is 0 Å². The molecule has 1 saturated heterocycles. The van der Waals surface area contributed by atoms with Crippen LogP contribution in [0.4, 0.5) is 0 Å². The van der Waals surface area contributed by atoms with Crippen LogP contribution in [0, 0.1) is 5.92 Å². The van der Waals surface area contributed by atoms with Crippen LogP contribution in [-0.2, 0) is 9.84 Å². The second-order valence-corrected chi connectivity index (χ2v) is 9.75. The zero-order chi connectivity index (χ0) is 17.7. The zero-order valence-electron chi connectivity index (χ0n) is 15.2. The van der Waals surface area contributed by atoms with E-state index in [4.69, 9.17) is 5.73 Å². The van der Waals surface area contributed by atoms with Crippen LogP contribution >= 0.6 is 0 Å². The predicted molar refractivity (Wildman–Crippen MR) is 102 cm³/mol. The Labute approximate surface area is 152 Å². The van der Waals surface area contributed by atoms with Gasteiger partial charge in [-0.25, -0.2) is 8.42 Å². The third-order valence-corrected chi connectivity index (χ3v) is 7.65. The Kier molecular flexibility index (Phi) is 6.53. The molecule has 1 aromatic rings. The molecule has 0 aromatic heterocycles. The first-order valence-corrected chi connectivity index (χ1v) is 11.5. The Hall–Kier alpha value is -0.910. The van der Waals surface area contributed by atoms with Crippen LogP contribution < -0.4 is 5.73 Å². The molecule has 0 atom stereocenters. The second-order valence-electron chi connectivity index (χ2n) is 7.79. The van der Waals surface area contributed by atoms with E-state index in [1.54, 1.807) is 0 Å². The van der Waals surface area contributed by atoms with Crippen LogP contribution in [-0.4, -0.2) is 38.8 Å². The topological polar surface area (TPSA) is 63.4 Å². The largest absolute Gasteiger partial charge is 0.330 e. The van der Waals surface area contributed by atoms with Gasteiger partial charge in [-0.15, -0.1) is 0 Å². The molecule has 2 N–H and O–H groups in total. The summed E-state index contributed by atoms with van der Waals surface area (Å²) in [5.41, 5.74) is 6.93. The summed E-state index contributed by atoms with van der Waals surface area (Å²) in [7, 11) is -3.24. The smallest absolute Gasteiger partial charge is 0.191 e. The summed E-state index contributed by atoms with van der Waals surface area (Å²) in [6.45, 7) is 2.46. The van der Waals surface area contributed by atoms with Gasteiger partial charge in [-0.2, -0.15) is 0 Å². The van der Waals surface area contributed by atoms with E-state index in [0.717, 1.165) is 38.9 Å². The maximum Gasteiger partial charge on any atom is 0.191 e. The van der Waals surface area contributed by atoms with E-state index in [2.05, 4.69) is 4.90 Å². The summed E-state index contributed by atoms with van der Waals surface area (Å²) in [6, 6.07) is 7.72. The van der Waals surface area contributed by atoms with Gasteiger partial charge in [0.1, 0.15) is 5.88 Å². The number of piperidine rings is 1. The van der Waals surface area contributed by atoms with Gasteiger partial charge >= 0.3 is 0 Å². The molecular formula is C20H32N2O2S. The van der Waals surface area contributed by atoms with E-state index < -0.39 is 9.84 Å². The zero-order valence-corrected chi connectivity index (χ0v) is 16.0. The Balaban J connectivity index is 1.58. The fraction of sp³-hybridized carbons (Fsp3) is 0.700. The van der Waals surface area contributed by atoms with Crippen molar-refractivity contribution < 1.29 is 8.42 Å². The van der Waals surface area contributed by atoms with E-state index >= 15 is 0 Å². The quantitative estimate of drug-likeness (QED) is 0.839. The molecule has 2 fully saturated rings. The van der Waals surface area contributed by atoms with Crippen molar-refractivity contribution in [2.24, 2.45) is 11.7 Å². The molecule has 1 heterocycles. The number of nitrogens with two attached hydrogens (primary N) is 1. The summed E-state index contributed by atoms with van der Waals surface area (Å²) in [6.07, 6.45) is 9.60. The van der Waals surface area contributed by atoms with Gasteiger partial charge in [-0.1, -0.05) is 31.4 Å². The molecule has 4 nitrogen and oxygen atoms in total. The summed E-state index contributed by atoms with van der Waals surface area (Å²) >= 11 is 0. The van der Waals surface area contributed by atoms with Crippen molar-refractivity contribution in [1.29, 1.82) is 0 Å². The number of sulfone groups is 1. The van der Waals surface area contributed by atoms with Crippen molar-refractivity contribution in [1.82, 2.24) is 4.90 Å².